The smallest absolute Gasteiger partial charge is 0.276 e. The van der Waals surface area contributed by atoms with Crippen LogP contribution in [0, 0.1) is 0 Å². The normalized spacial score (nSPS) is 9.68. The van der Waals surface area contributed by atoms with Gasteiger partial charge in [-0.05, 0) is 36.5 Å². The molecule has 4 nitrogen and oxygen atoms in total. The second kappa shape index (κ2) is 5.97. The Kier molecular flexibility index (Phi) is 4.10. The highest BCUT2D eigenvalue weighted by Crippen LogP contribution is 2.14. The molecule has 96 valence electrons. The van der Waals surface area contributed by atoms with Crippen molar-refractivity contribution < 1.29 is 4.79 Å². The highest BCUT2D eigenvalue weighted by molar-refractivity contribution is 7.80. The van der Waals surface area contributed by atoms with E-state index in [9.17, 15) is 4.79 Å². The Balaban J connectivity index is 2.33. The van der Waals surface area contributed by atoms with Crippen LogP contribution in [0.1, 0.15) is 10.4 Å². The molecule has 1 amide bonds. The predicted octanol–water partition coefficient (Wildman–Crippen LogP) is 2.08. The number of nitrogens with two attached hydrogens (primary N) is 1. The van der Waals surface area contributed by atoms with Gasteiger partial charge in [-0.25, -0.2) is 5.01 Å². The molecule has 0 aliphatic carbocycles. The Hall–Kier alpha value is -2.40. The lowest BCUT2D eigenvalue weighted by atomic mass is 10.2. The van der Waals surface area contributed by atoms with E-state index in [-0.39, 0.29) is 11.0 Å². The number of rotatable bonds is 2. The topological polar surface area (TPSA) is 58.4 Å². The molecule has 5 heteroatoms. The largest absolute Gasteiger partial charge is 0.375 e. The van der Waals surface area contributed by atoms with E-state index in [0.29, 0.717) is 11.3 Å². The van der Waals surface area contributed by atoms with Gasteiger partial charge in [0, 0.05) is 5.56 Å². The number of nitrogens with one attached hydrogen (secondary N) is 1. The van der Waals surface area contributed by atoms with Crippen molar-refractivity contribution >= 4 is 28.9 Å². The van der Waals surface area contributed by atoms with Crippen LogP contribution in [-0.4, -0.2) is 11.0 Å². The summed E-state index contributed by atoms with van der Waals surface area (Å²) in [6, 6.07) is 18.1. The van der Waals surface area contributed by atoms with Gasteiger partial charge in [0.15, 0.2) is 5.11 Å². The standard InChI is InChI=1S/C14H13N3OS/c15-14(19)16-17(12-9-5-2-6-10-12)13(18)11-7-3-1-4-8-11/h1-10H,(H3,15,16,19). The fourth-order valence-electron chi connectivity index (χ4n) is 1.63. The molecule has 3 N–H and O–H groups in total. The van der Waals surface area contributed by atoms with Crippen LogP contribution in [0.5, 0.6) is 0 Å². The lowest BCUT2D eigenvalue weighted by Crippen LogP contribution is -2.48. The Morgan fingerprint density at radius 1 is 1.00 bits per heavy atom. The molecule has 0 heterocycles. The molecule has 0 spiro atoms. The summed E-state index contributed by atoms with van der Waals surface area (Å²) >= 11 is 4.81. The monoisotopic (exact) mass is 271 g/mol. The molecular weight excluding hydrogens is 258 g/mol. The summed E-state index contributed by atoms with van der Waals surface area (Å²) < 4.78 is 0. The van der Waals surface area contributed by atoms with E-state index in [4.69, 9.17) is 18.0 Å². The number of anilines is 1. The van der Waals surface area contributed by atoms with Gasteiger partial charge in [0.25, 0.3) is 5.91 Å². The number of thiocarbonyl (C=S) groups is 1. The summed E-state index contributed by atoms with van der Waals surface area (Å²) in [5.41, 5.74) is 9.38. The third kappa shape index (κ3) is 3.29. The summed E-state index contributed by atoms with van der Waals surface area (Å²) in [7, 11) is 0. The average molecular weight is 271 g/mol. The van der Waals surface area contributed by atoms with E-state index in [0.717, 1.165) is 0 Å². The molecule has 0 aliphatic heterocycles. The van der Waals surface area contributed by atoms with Crippen molar-refractivity contribution in [1.82, 2.24) is 5.43 Å². The van der Waals surface area contributed by atoms with Crippen LogP contribution in [0.25, 0.3) is 0 Å². The van der Waals surface area contributed by atoms with E-state index in [2.05, 4.69) is 5.43 Å². The van der Waals surface area contributed by atoms with Crippen LogP contribution in [0.4, 0.5) is 5.69 Å². The van der Waals surface area contributed by atoms with E-state index >= 15 is 0 Å². The summed E-state index contributed by atoms with van der Waals surface area (Å²) in [5.74, 6) is -0.223. The number of nitrogens with zero attached hydrogens (tertiary/aromatic N) is 1. The van der Waals surface area contributed by atoms with Gasteiger partial charge in [0.2, 0.25) is 0 Å². The molecule has 2 aromatic carbocycles. The van der Waals surface area contributed by atoms with E-state index in [1.807, 2.05) is 24.3 Å². The second-order valence-corrected chi connectivity index (χ2v) is 4.26. The van der Waals surface area contributed by atoms with Crippen LogP contribution in [0.15, 0.2) is 60.7 Å². The molecule has 0 saturated carbocycles. The Morgan fingerprint density at radius 2 is 1.53 bits per heavy atom. The summed E-state index contributed by atoms with van der Waals surface area (Å²) in [6.45, 7) is 0. The first kappa shape index (κ1) is 13.0. The van der Waals surface area contributed by atoms with Crippen LogP contribution in [-0.2, 0) is 0 Å². The zero-order valence-corrected chi connectivity index (χ0v) is 10.9. The molecule has 0 aliphatic rings. The molecule has 0 unspecified atom stereocenters. The number of benzene rings is 2. The number of carbonyl (C=O) groups excluding carboxylic acids is 1. The summed E-state index contributed by atoms with van der Waals surface area (Å²) in [4.78, 5) is 12.4. The number of carbonyl (C=O) groups is 1. The second-order valence-electron chi connectivity index (χ2n) is 3.82. The zero-order chi connectivity index (χ0) is 13.7. The first-order chi connectivity index (χ1) is 9.18. The van der Waals surface area contributed by atoms with Gasteiger partial charge < -0.3 is 5.73 Å². The maximum atomic E-state index is 12.4. The molecule has 0 radical (unpaired) electrons. The zero-order valence-electron chi connectivity index (χ0n) is 10.1. The molecule has 0 saturated heterocycles. The molecule has 0 atom stereocenters. The minimum absolute atomic E-state index is 0.0353. The first-order valence-electron chi connectivity index (χ1n) is 5.69. The third-order valence-corrected chi connectivity index (χ3v) is 2.55. The van der Waals surface area contributed by atoms with E-state index in [1.165, 1.54) is 5.01 Å². The third-order valence-electron chi connectivity index (χ3n) is 2.46. The number of para-hydroxylation sites is 1. The van der Waals surface area contributed by atoms with Gasteiger partial charge in [-0.2, -0.15) is 0 Å². The fraction of sp³-hybridized carbons (Fsp3) is 0. The lowest BCUT2D eigenvalue weighted by molar-refractivity contribution is 0.0980. The minimum Gasteiger partial charge on any atom is -0.375 e. The number of hydrogen-bond donors (Lipinski definition) is 2. The maximum Gasteiger partial charge on any atom is 0.276 e. The molecule has 0 fully saturated rings. The van der Waals surface area contributed by atoms with Gasteiger partial charge >= 0.3 is 0 Å². The average Bonchev–Trinajstić information content (AvgIpc) is 2.46. The van der Waals surface area contributed by atoms with Crippen molar-refractivity contribution in [2.24, 2.45) is 5.73 Å². The maximum absolute atomic E-state index is 12.4. The molecular formula is C14H13N3OS. The Labute approximate surface area is 116 Å². The van der Waals surface area contributed by atoms with Gasteiger partial charge in [0.1, 0.15) is 0 Å². The number of amides is 1. The predicted molar refractivity (Wildman–Crippen MR) is 79.6 cm³/mol. The van der Waals surface area contributed by atoms with Crippen LogP contribution < -0.4 is 16.2 Å². The molecule has 2 rings (SSSR count). The molecule has 0 aromatic heterocycles. The molecule has 2 aromatic rings. The quantitative estimate of drug-likeness (QED) is 0.648. The van der Waals surface area contributed by atoms with E-state index < -0.39 is 0 Å². The SMILES string of the molecule is NC(=S)NN(C(=O)c1ccccc1)c1ccccc1. The van der Waals surface area contributed by atoms with Crippen molar-refractivity contribution in [3.8, 4) is 0 Å². The summed E-state index contributed by atoms with van der Waals surface area (Å²) in [6.07, 6.45) is 0. The van der Waals surface area contributed by atoms with E-state index in [1.54, 1.807) is 36.4 Å². The van der Waals surface area contributed by atoms with Crippen LogP contribution >= 0.6 is 12.2 Å². The van der Waals surface area contributed by atoms with Crippen molar-refractivity contribution in [1.29, 1.82) is 0 Å². The minimum atomic E-state index is -0.223. The Bertz CT molecular complexity index is 572. The van der Waals surface area contributed by atoms with Crippen molar-refractivity contribution in [2.45, 2.75) is 0 Å². The highest BCUT2D eigenvalue weighted by Gasteiger charge is 2.17. The Morgan fingerprint density at radius 3 is 2.05 bits per heavy atom. The lowest BCUT2D eigenvalue weighted by Gasteiger charge is -2.23. The van der Waals surface area contributed by atoms with Gasteiger partial charge in [0.05, 0.1) is 5.69 Å². The van der Waals surface area contributed by atoms with Crippen molar-refractivity contribution in [2.75, 3.05) is 5.01 Å². The van der Waals surface area contributed by atoms with Gasteiger partial charge in [-0.1, -0.05) is 36.4 Å². The van der Waals surface area contributed by atoms with Gasteiger partial charge in [-0.15, -0.1) is 0 Å². The number of hydrazine groups is 1. The van der Waals surface area contributed by atoms with Crippen molar-refractivity contribution in [3.05, 3.63) is 66.2 Å². The van der Waals surface area contributed by atoms with Crippen LogP contribution in [0.2, 0.25) is 0 Å². The summed E-state index contributed by atoms with van der Waals surface area (Å²) in [5, 5.41) is 1.37. The highest BCUT2D eigenvalue weighted by atomic mass is 32.1. The van der Waals surface area contributed by atoms with Gasteiger partial charge in [-0.3, -0.25) is 10.2 Å². The number of hydrogen-bond acceptors (Lipinski definition) is 2. The fourth-order valence-corrected chi connectivity index (χ4v) is 1.72. The first-order valence-corrected chi connectivity index (χ1v) is 6.10. The van der Waals surface area contributed by atoms with Crippen molar-refractivity contribution in [3.63, 3.8) is 0 Å². The molecule has 19 heavy (non-hydrogen) atoms. The van der Waals surface area contributed by atoms with Crippen LogP contribution in [0.3, 0.4) is 0 Å². The molecule has 0 bridgehead atoms.